The first-order chi connectivity index (χ1) is 11.9. The Balaban J connectivity index is 1.62. The summed E-state index contributed by atoms with van der Waals surface area (Å²) in [4.78, 5) is 19.1. The summed E-state index contributed by atoms with van der Waals surface area (Å²) in [6.07, 6.45) is 4.22. The summed E-state index contributed by atoms with van der Waals surface area (Å²) in [6.45, 7) is 9.65. The Kier molecular flexibility index (Phi) is 5.20. The summed E-state index contributed by atoms with van der Waals surface area (Å²) in [5.41, 5.74) is 0.822. The monoisotopic (exact) mass is 345 g/mol. The number of piperidine rings is 1. The lowest BCUT2D eigenvalue weighted by Gasteiger charge is -2.31. The second-order valence-electron chi connectivity index (χ2n) is 7.38. The molecule has 2 aromatic heterocycles. The van der Waals surface area contributed by atoms with Crippen molar-refractivity contribution in [1.82, 2.24) is 24.8 Å². The van der Waals surface area contributed by atoms with Crippen molar-refractivity contribution in [2.75, 3.05) is 13.1 Å². The molecule has 0 aliphatic carbocycles. The Morgan fingerprint density at radius 1 is 1.36 bits per heavy atom. The lowest BCUT2D eigenvalue weighted by atomic mass is 9.97. The van der Waals surface area contributed by atoms with Gasteiger partial charge in [0.05, 0.1) is 12.1 Å². The molecule has 136 valence electrons. The van der Waals surface area contributed by atoms with E-state index in [1.54, 1.807) is 0 Å². The van der Waals surface area contributed by atoms with Gasteiger partial charge < -0.3 is 9.42 Å². The van der Waals surface area contributed by atoms with Gasteiger partial charge in [0.25, 0.3) is 0 Å². The normalized spacial score (nSPS) is 18.3. The van der Waals surface area contributed by atoms with Crippen LogP contribution in [-0.2, 0) is 11.2 Å². The molecule has 0 saturated carbocycles. The highest BCUT2D eigenvalue weighted by Gasteiger charge is 2.28. The summed E-state index contributed by atoms with van der Waals surface area (Å²) >= 11 is 0. The molecule has 1 amide bonds. The minimum atomic E-state index is 0.117. The Bertz CT molecular complexity index is 719. The Morgan fingerprint density at radius 3 is 2.80 bits per heavy atom. The minimum Gasteiger partial charge on any atom is -0.342 e. The van der Waals surface area contributed by atoms with Gasteiger partial charge >= 0.3 is 0 Å². The number of carbonyl (C=O) groups excluding carboxylic acids is 1. The van der Waals surface area contributed by atoms with E-state index in [1.165, 1.54) is 0 Å². The number of amides is 1. The third-order valence-corrected chi connectivity index (χ3v) is 4.62. The maximum absolute atomic E-state index is 12.6. The molecule has 3 rings (SSSR count). The van der Waals surface area contributed by atoms with Gasteiger partial charge in [0, 0.05) is 37.2 Å². The summed E-state index contributed by atoms with van der Waals surface area (Å²) in [5.74, 6) is 1.88. The zero-order valence-electron chi connectivity index (χ0n) is 15.5. The molecule has 2 aromatic rings. The number of nitrogens with zero attached hydrogens (tertiary/aromatic N) is 5. The van der Waals surface area contributed by atoms with Crippen molar-refractivity contribution < 1.29 is 9.32 Å². The lowest BCUT2D eigenvalue weighted by Crippen LogP contribution is -2.40. The molecule has 1 aliphatic rings. The molecular weight excluding hydrogens is 318 g/mol. The fourth-order valence-electron chi connectivity index (χ4n) is 3.09. The van der Waals surface area contributed by atoms with Crippen molar-refractivity contribution in [3.63, 3.8) is 0 Å². The number of carbonyl (C=O) groups is 1. The summed E-state index contributed by atoms with van der Waals surface area (Å²) in [7, 11) is 0. The number of hydrogen-bond acceptors (Lipinski definition) is 5. The lowest BCUT2D eigenvalue weighted by molar-refractivity contribution is -0.131. The van der Waals surface area contributed by atoms with Gasteiger partial charge in [0.15, 0.2) is 5.82 Å². The van der Waals surface area contributed by atoms with E-state index >= 15 is 0 Å². The first-order valence-electron chi connectivity index (χ1n) is 9.09. The molecule has 0 spiro atoms. The molecule has 0 aromatic carbocycles. The maximum atomic E-state index is 12.6. The van der Waals surface area contributed by atoms with E-state index in [9.17, 15) is 4.79 Å². The minimum absolute atomic E-state index is 0.117. The molecule has 0 bridgehead atoms. The molecule has 25 heavy (non-hydrogen) atoms. The van der Waals surface area contributed by atoms with Crippen LogP contribution in [0.15, 0.2) is 16.8 Å². The molecule has 7 heteroatoms. The fourth-order valence-corrected chi connectivity index (χ4v) is 3.09. The maximum Gasteiger partial charge on any atom is 0.229 e. The van der Waals surface area contributed by atoms with Crippen LogP contribution >= 0.6 is 0 Å². The largest absolute Gasteiger partial charge is 0.342 e. The number of aromatic nitrogens is 4. The molecular formula is C18H27N5O2. The van der Waals surface area contributed by atoms with Gasteiger partial charge in [-0.25, -0.2) is 0 Å². The van der Waals surface area contributed by atoms with Crippen LogP contribution in [0, 0.1) is 0 Å². The van der Waals surface area contributed by atoms with Crippen LogP contribution in [0.4, 0.5) is 0 Å². The standard InChI is InChI=1S/C18H27N5O2/c1-12(2)18-19-17(21-25-18)14-6-5-8-22(11-14)16(24)10-15-7-9-23(20-15)13(3)4/h7,9,12-14H,5-6,8,10-11H2,1-4H3/t14-/m1/s1. The van der Waals surface area contributed by atoms with E-state index in [-0.39, 0.29) is 17.7 Å². The summed E-state index contributed by atoms with van der Waals surface area (Å²) in [6, 6.07) is 2.23. The SMILES string of the molecule is CC(C)c1nc([C@@H]2CCCN(C(=O)Cc3ccn(C(C)C)n3)C2)no1. The number of likely N-dealkylation sites (tertiary alicyclic amines) is 1. The second kappa shape index (κ2) is 7.37. The van der Waals surface area contributed by atoms with Gasteiger partial charge in [0.2, 0.25) is 11.8 Å². The fraction of sp³-hybridized carbons (Fsp3) is 0.667. The third kappa shape index (κ3) is 4.08. The molecule has 0 unspecified atom stereocenters. The van der Waals surface area contributed by atoms with Crippen LogP contribution in [0.25, 0.3) is 0 Å². The van der Waals surface area contributed by atoms with Gasteiger partial charge in [-0.2, -0.15) is 10.1 Å². The summed E-state index contributed by atoms with van der Waals surface area (Å²) in [5, 5.41) is 8.60. The van der Waals surface area contributed by atoms with Crippen LogP contribution < -0.4 is 0 Å². The quantitative estimate of drug-likeness (QED) is 0.833. The van der Waals surface area contributed by atoms with Crippen molar-refractivity contribution in [3.05, 3.63) is 29.7 Å². The van der Waals surface area contributed by atoms with Gasteiger partial charge in [-0.15, -0.1) is 0 Å². The highest BCUT2D eigenvalue weighted by Crippen LogP contribution is 2.26. The van der Waals surface area contributed by atoms with Crippen LogP contribution in [-0.4, -0.2) is 43.8 Å². The third-order valence-electron chi connectivity index (χ3n) is 4.62. The van der Waals surface area contributed by atoms with Crippen molar-refractivity contribution in [2.45, 2.75) is 64.8 Å². The first-order valence-corrected chi connectivity index (χ1v) is 9.09. The molecule has 1 fully saturated rings. The van der Waals surface area contributed by atoms with E-state index in [0.29, 0.717) is 24.9 Å². The first kappa shape index (κ1) is 17.6. The second-order valence-corrected chi connectivity index (χ2v) is 7.38. The smallest absolute Gasteiger partial charge is 0.229 e. The highest BCUT2D eigenvalue weighted by molar-refractivity contribution is 5.78. The molecule has 3 heterocycles. The molecule has 1 saturated heterocycles. The van der Waals surface area contributed by atoms with E-state index in [1.807, 2.05) is 35.7 Å². The van der Waals surface area contributed by atoms with E-state index in [2.05, 4.69) is 29.1 Å². The zero-order valence-corrected chi connectivity index (χ0v) is 15.5. The molecule has 7 nitrogen and oxygen atoms in total. The summed E-state index contributed by atoms with van der Waals surface area (Å²) < 4.78 is 7.20. The van der Waals surface area contributed by atoms with Crippen molar-refractivity contribution in [3.8, 4) is 0 Å². The van der Waals surface area contributed by atoms with Crippen molar-refractivity contribution in [1.29, 1.82) is 0 Å². The van der Waals surface area contributed by atoms with Gasteiger partial charge in [0.1, 0.15) is 0 Å². The van der Waals surface area contributed by atoms with E-state index in [0.717, 1.165) is 30.9 Å². The average Bonchev–Trinajstić information content (AvgIpc) is 3.24. The Morgan fingerprint density at radius 2 is 2.16 bits per heavy atom. The average molecular weight is 345 g/mol. The van der Waals surface area contributed by atoms with Crippen LogP contribution in [0.5, 0.6) is 0 Å². The van der Waals surface area contributed by atoms with Crippen LogP contribution in [0.2, 0.25) is 0 Å². The predicted octanol–water partition coefficient (Wildman–Crippen LogP) is 2.92. The van der Waals surface area contributed by atoms with Gasteiger partial charge in [-0.1, -0.05) is 19.0 Å². The molecule has 1 aliphatic heterocycles. The Hall–Kier alpha value is -2.18. The van der Waals surface area contributed by atoms with E-state index in [4.69, 9.17) is 4.52 Å². The molecule has 0 radical (unpaired) electrons. The van der Waals surface area contributed by atoms with Gasteiger partial charge in [-0.05, 0) is 32.8 Å². The number of hydrogen-bond donors (Lipinski definition) is 0. The van der Waals surface area contributed by atoms with Crippen LogP contribution in [0.1, 0.15) is 75.8 Å². The predicted molar refractivity (Wildman–Crippen MR) is 93.3 cm³/mol. The Labute approximate surface area is 148 Å². The number of rotatable bonds is 5. The highest BCUT2D eigenvalue weighted by atomic mass is 16.5. The van der Waals surface area contributed by atoms with Crippen molar-refractivity contribution >= 4 is 5.91 Å². The molecule has 1 atom stereocenters. The van der Waals surface area contributed by atoms with Crippen LogP contribution in [0.3, 0.4) is 0 Å². The molecule has 0 N–H and O–H groups in total. The van der Waals surface area contributed by atoms with Crippen molar-refractivity contribution in [2.24, 2.45) is 0 Å². The zero-order chi connectivity index (χ0) is 18.0. The van der Waals surface area contributed by atoms with E-state index < -0.39 is 0 Å². The van der Waals surface area contributed by atoms with Gasteiger partial charge in [-0.3, -0.25) is 9.48 Å². The topological polar surface area (TPSA) is 77.1 Å².